The number of hydrogen-bond acceptors (Lipinski definition) is 2. The normalized spacial score (nSPS) is 11.1. The lowest BCUT2D eigenvalue weighted by Gasteiger charge is -2.03. The number of ether oxygens (including phenoxy) is 1. The Morgan fingerprint density at radius 3 is 2.67 bits per heavy atom. The summed E-state index contributed by atoms with van der Waals surface area (Å²) in [6, 6.07) is 9.68. The van der Waals surface area contributed by atoms with Gasteiger partial charge in [-0.05, 0) is 18.1 Å². The molecule has 0 aliphatic carbocycles. The van der Waals surface area contributed by atoms with E-state index in [2.05, 4.69) is 6.92 Å². The van der Waals surface area contributed by atoms with Crippen molar-refractivity contribution in [1.29, 1.82) is 0 Å². The van der Waals surface area contributed by atoms with Crippen molar-refractivity contribution in [2.24, 2.45) is 0 Å². The molecule has 1 aromatic rings. The second-order valence-electron chi connectivity index (χ2n) is 3.28. The molecule has 0 aliphatic heterocycles. The third-order valence-electron chi connectivity index (χ3n) is 1.99. The summed E-state index contributed by atoms with van der Waals surface area (Å²) < 4.78 is 5.33. The summed E-state index contributed by atoms with van der Waals surface area (Å²) in [5.41, 5.74) is 0.982. The van der Waals surface area contributed by atoms with Crippen LogP contribution in [0.2, 0.25) is 0 Å². The van der Waals surface area contributed by atoms with Crippen LogP contribution in [-0.2, 0) is 9.53 Å². The number of benzene rings is 1. The van der Waals surface area contributed by atoms with Crippen LogP contribution in [0.3, 0.4) is 0 Å². The van der Waals surface area contributed by atoms with Gasteiger partial charge in [-0.15, -0.1) is 0 Å². The van der Waals surface area contributed by atoms with Crippen LogP contribution in [0.15, 0.2) is 36.1 Å². The van der Waals surface area contributed by atoms with Crippen molar-refractivity contribution in [3.05, 3.63) is 41.7 Å². The third kappa shape index (κ3) is 4.45. The SMILES string of the molecule is CCCCOC(C=O)=Cc1ccccc1. The standard InChI is InChI=1S/C13H16O2/c1-2-3-9-15-13(11-14)10-12-7-5-4-6-8-12/h4-8,10-11H,2-3,9H2,1H3. The van der Waals surface area contributed by atoms with Crippen LogP contribution in [0.1, 0.15) is 25.3 Å². The molecule has 0 saturated heterocycles. The van der Waals surface area contributed by atoms with Crippen molar-refractivity contribution >= 4 is 12.4 Å². The van der Waals surface area contributed by atoms with Crippen LogP contribution in [0.4, 0.5) is 0 Å². The minimum Gasteiger partial charge on any atom is -0.490 e. The molecule has 0 amide bonds. The fourth-order valence-electron chi connectivity index (χ4n) is 1.16. The summed E-state index contributed by atoms with van der Waals surface area (Å²) in [4.78, 5) is 10.7. The molecule has 1 aromatic carbocycles. The maximum atomic E-state index is 10.7. The van der Waals surface area contributed by atoms with Crippen LogP contribution in [-0.4, -0.2) is 12.9 Å². The molecule has 80 valence electrons. The van der Waals surface area contributed by atoms with Gasteiger partial charge in [-0.3, -0.25) is 4.79 Å². The van der Waals surface area contributed by atoms with Crippen molar-refractivity contribution in [3.63, 3.8) is 0 Å². The van der Waals surface area contributed by atoms with Gasteiger partial charge in [-0.25, -0.2) is 0 Å². The fourth-order valence-corrected chi connectivity index (χ4v) is 1.16. The van der Waals surface area contributed by atoms with Crippen molar-refractivity contribution in [2.75, 3.05) is 6.61 Å². The highest BCUT2D eigenvalue weighted by Crippen LogP contribution is 2.06. The molecule has 0 unspecified atom stereocenters. The van der Waals surface area contributed by atoms with E-state index >= 15 is 0 Å². The molecule has 0 atom stereocenters. The quantitative estimate of drug-likeness (QED) is 0.308. The molecule has 0 heterocycles. The average Bonchev–Trinajstić information content (AvgIpc) is 2.29. The number of aldehydes is 1. The summed E-state index contributed by atoms with van der Waals surface area (Å²) in [6.07, 6.45) is 4.54. The predicted octanol–water partition coefficient (Wildman–Crippen LogP) is 3.04. The molecule has 0 bridgehead atoms. The summed E-state index contributed by atoms with van der Waals surface area (Å²) in [7, 11) is 0. The first-order valence-corrected chi connectivity index (χ1v) is 5.21. The summed E-state index contributed by atoms with van der Waals surface area (Å²) in [5.74, 6) is 0.398. The average molecular weight is 204 g/mol. The zero-order valence-corrected chi connectivity index (χ0v) is 8.98. The molecule has 0 aromatic heterocycles. The largest absolute Gasteiger partial charge is 0.490 e. The van der Waals surface area contributed by atoms with Gasteiger partial charge in [0.1, 0.15) is 0 Å². The lowest BCUT2D eigenvalue weighted by molar-refractivity contribution is -0.107. The Kier molecular flexibility index (Phi) is 5.23. The van der Waals surface area contributed by atoms with Gasteiger partial charge in [0.15, 0.2) is 12.0 Å². The first-order valence-electron chi connectivity index (χ1n) is 5.21. The molecule has 0 aliphatic rings. The van der Waals surface area contributed by atoms with E-state index in [9.17, 15) is 4.79 Å². The van der Waals surface area contributed by atoms with Gasteiger partial charge in [0, 0.05) is 0 Å². The number of unbranched alkanes of at least 4 members (excludes halogenated alkanes) is 1. The Labute approximate surface area is 90.6 Å². The molecule has 0 fully saturated rings. The second-order valence-corrected chi connectivity index (χ2v) is 3.28. The smallest absolute Gasteiger partial charge is 0.184 e. The number of hydrogen-bond donors (Lipinski definition) is 0. The molecule has 0 radical (unpaired) electrons. The highest BCUT2D eigenvalue weighted by atomic mass is 16.5. The van der Waals surface area contributed by atoms with Crippen LogP contribution in [0.5, 0.6) is 0 Å². The first kappa shape index (κ1) is 11.5. The van der Waals surface area contributed by atoms with Crippen molar-refractivity contribution in [3.8, 4) is 0 Å². The molecule has 15 heavy (non-hydrogen) atoms. The summed E-state index contributed by atoms with van der Waals surface area (Å²) in [5, 5.41) is 0. The molecule has 0 saturated carbocycles. The van der Waals surface area contributed by atoms with Gasteiger partial charge < -0.3 is 4.74 Å². The number of allylic oxidation sites excluding steroid dienone is 1. The predicted molar refractivity (Wildman–Crippen MR) is 61.3 cm³/mol. The van der Waals surface area contributed by atoms with E-state index in [0.29, 0.717) is 12.4 Å². The molecule has 2 nitrogen and oxygen atoms in total. The van der Waals surface area contributed by atoms with Gasteiger partial charge in [0.05, 0.1) is 6.61 Å². The number of rotatable bonds is 6. The summed E-state index contributed by atoms with van der Waals surface area (Å²) >= 11 is 0. The molecule has 1 rings (SSSR count). The van der Waals surface area contributed by atoms with Crippen LogP contribution in [0, 0.1) is 0 Å². The Hall–Kier alpha value is -1.57. The van der Waals surface area contributed by atoms with Gasteiger partial charge in [0.2, 0.25) is 0 Å². The third-order valence-corrected chi connectivity index (χ3v) is 1.99. The maximum Gasteiger partial charge on any atom is 0.184 e. The zero-order chi connectivity index (χ0) is 10.9. The topological polar surface area (TPSA) is 26.3 Å². The molecular weight excluding hydrogens is 188 g/mol. The highest BCUT2D eigenvalue weighted by molar-refractivity contribution is 5.78. The molecule has 2 heteroatoms. The van der Waals surface area contributed by atoms with Gasteiger partial charge in [-0.2, -0.15) is 0 Å². The monoisotopic (exact) mass is 204 g/mol. The van der Waals surface area contributed by atoms with Gasteiger partial charge in [0.25, 0.3) is 0 Å². The van der Waals surface area contributed by atoms with E-state index in [1.165, 1.54) is 0 Å². The maximum absolute atomic E-state index is 10.7. The van der Waals surface area contributed by atoms with Crippen molar-refractivity contribution in [2.45, 2.75) is 19.8 Å². The van der Waals surface area contributed by atoms with E-state index in [1.54, 1.807) is 6.08 Å². The first-order chi connectivity index (χ1) is 7.36. The van der Waals surface area contributed by atoms with Crippen molar-refractivity contribution in [1.82, 2.24) is 0 Å². The van der Waals surface area contributed by atoms with Crippen molar-refractivity contribution < 1.29 is 9.53 Å². The lowest BCUT2D eigenvalue weighted by atomic mass is 10.2. The number of carbonyl (C=O) groups is 1. The Bertz CT molecular complexity index is 315. The fraction of sp³-hybridized carbons (Fsp3) is 0.308. The zero-order valence-electron chi connectivity index (χ0n) is 8.98. The lowest BCUT2D eigenvalue weighted by Crippen LogP contribution is -1.95. The van der Waals surface area contributed by atoms with Gasteiger partial charge >= 0.3 is 0 Å². The Morgan fingerprint density at radius 2 is 2.07 bits per heavy atom. The molecular formula is C13H16O2. The summed E-state index contributed by atoms with van der Waals surface area (Å²) in [6.45, 7) is 2.69. The molecule has 0 N–H and O–H groups in total. The minimum atomic E-state index is 0.398. The van der Waals surface area contributed by atoms with E-state index in [0.717, 1.165) is 24.7 Å². The van der Waals surface area contributed by atoms with E-state index in [1.807, 2.05) is 30.3 Å². The molecule has 0 spiro atoms. The highest BCUT2D eigenvalue weighted by Gasteiger charge is 1.96. The van der Waals surface area contributed by atoms with E-state index < -0.39 is 0 Å². The van der Waals surface area contributed by atoms with Crippen LogP contribution < -0.4 is 0 Å². The second kappa shape index (κ2) is 6.82. The number of carbonyl (C=O) groups excluding carboxylic acids is 1. The Balaban J connectivity index is 2.58. The van der Waals surface area contributed by atoms with Crippen LogP contribution >= 0.6 is 0 Å². The van der Waals surface area contributed by atoms with E-state index in [-0.39, 0.29) is 0 Å². The van der Waals surface area contributed by atoms with Crippen LogP contribution in [0.25, 0.3) is 6.08 Å². The Morgan fingerprint density at radius 1 is 1.33 bits per heavy atom. The van der Waals surface area contributed by atoms with E-state index in [4.69, 9.17) is 4.74 Å². The minimum absolute atomic E-state index is 0.398. The van der Waals surface area contributed by atoms with Gasteiger partial charge in [-0.1, -0.05) is 43.7 Å².